The summed E-state index contributed by atoms with van der Waals surface area (Å²) in [6.07, 6.45) is -4.53. The first-order valence-electron chi connectivity index (χ1n) is 11.4. The normalized spacial score (nSPS) is 13.9. The molecule has 0 aromatic heterocycles. The van der Waals surface area contributed by atoms with Crippen molar-refractivity contribution in [2.24, 2.45) is 0 Å². The SMILES string of the molecule is O=C1c2ccccc2C(=O)N1Cc1ccc(/C(=C/CC(F)(F)F)c2cc(Cl)c(Cl)c(Cl)c2)c2ccccc12. The molecule has 3 nitrogen and oxygen atoms in total. The molecule has 192 valence electrons. The molecule has 0 unspecified atom stereocenters. The van der Waals surface area contributed by atoms with Gasteiger partial charge in [-0.3, -0.25) is 14.5 Å². The first-order chi connectivity index (χ1) is 18.0. The number of hydrogen-bond donors (Lipinski definition) is 0. The number of carbonyl (C=O) groups is 2. The minimum Gasteiger partial charge on any atom is -0.270 e. The molecule has 0 spiro atoms. The van der Waals surface area contributed by atoms with E-state index in [0.29, 0.717) is 38.6 Å². The van der Waals surface area contributed by atoms with E-state index >= 15 is 0 Å². The van der Waals surface area contributed by atoms with E-state index in [2.05, 4.69) is 0 Å². The number of hydrogen-bond acceptors (Lipinski definition) is 2. The molecule has 0 radical (unpaired) electrons. The third-order valence-electron chi connectivity index (χ3n) is 6.34. The Bertz CT molecular complexity index is 1590. The van der Waals surface area contributed by atoms with Gasteiger partial charge in [-0.05, 0) is 57.3 Å². The molecule has 38 heavy (non-hydrogen) atoms. The van der Waals surface area contributed by atoms with E-state index < -0.39 is 24.4 Å². The summed E-state index contributed by atoms with van der Waals surface area (Å²) in [5.74, 6) is -0.787. The molecule has 0 N–H and O–H groups in total. The first kappa shape index (κ1) is 26.3. The number of nitrogens with zero attached hydrogens (tertiary/aromatic N) is 1. The molecule has 0 saturated carbocycles. The van der Waals surface area contributed by atoms with Crippen molar-refractivity contribution >= 4 is 63.0 Å². The molecule has 1 aliphatic rings. The van der Waals surface area contributed by atoms with Crippen LogP contribution in [0.15, 0.2) is 78.9 Å². The van der Waals surface area contributed by atoms with Crippen molar-refractivity contribution in [3.8, 4) is 0 Å². The average molecular weight is 575 g/mol. The van der Waals surface area contributed by atoms with Crippen molar-refractivity contribution in [1.82, 2.24) is 4.90 Å². The number of amides is 2. The number of imide groups is 1. The highest BCUT2D eigenvalue weighted by molar-refractivity contribution is 6.48. The number of rotatable bonds is 5. The second-order valence-corrected chi connectivity index (χ2v) is 9.94. The summed E-state index contributed by atoms with van der Waals surface area (Å²) in [5.41, 5.74) is 2.49. The van der Waals surface area contributed by atoms with Crippen molar-refractivity contribution in [2.75, 3.05) is 0 Å². The van der Waals surface area contributed by atoms with Crippen LogP contribution in [0, 0.1) is 0 Å². The van der Waals surface area contributed by atoms with Crippen LogP contribution in [0.25, 0.3) is 16.3 Å². The molecule has 0 fully saturated rings. The maximum atomic E-state index is 13.3. The fraction of sp³-hybridized carbons (Fsp3) is 0.103. The predicted molar refractivity (Wildman–Crippen MR) is 144 cm³/mol. The van der Waals surface area contributed by atoms with Gasteiger partial charge in [0.2, 0.25) is 0 Å². The molecular weight excluding hydrogens is 558 g/mol. The molecular formula is C29H17Cl3F3NO2. The van der Waals surface area contributed by atoms with Crippen LogP contribution in [0.5, 0.6) is 0 Å². The highest BCUT2D eigenvalue weighted by atomic mass is 35.5. The highest BCUT2D eigenvalue weighted by Crippen LogP contribution is 2.39. The molecule has 0 bridgehead atoms. The maximum Gasteiger partial charge on any atom is 0.392 e. The number of fused-ring (bicyclic) bond motifs is 2. The molecule has 0 atom stereocenters. The van der Waals surface area contributed by atoms with E-state index in [9.17, 15) is 22.8 Å². The second-order valence-electron chi connectivity index (χ2n) is 8.75. The summed E-state index contributed by atoms with van der Waals surface area (Å²) in [6.45, 7) is 0.00728. The largest absolute Gasteiger partial charge is 0.392 e. The predicted octanol–water partition coefficient (Wildman–Crippen LogP) is 8.98. The van der Waals surface area contributed by atoms with E-state index in [-0.39, 0.29) is 27.2 Å². The zero-order chi connectivity index (χ0) is 27.2. The lowest BCUT2D eigenvalue weighted by molar-refractivity contribution is -0.124. The third kappa shape index (κ3) is 4.92. The van der Waals surface area contributed by atoms with Crippen LogP contribution in [-0.2, 0) is 6.54 Å². The quantitative estimate of drug-likeness (QED) is 0.176. The van der Waals surface area contributed by atoms with Crippen molar-refractivity contribution in [3.63, 3.8) is 0 Å². The molecule has 2 amide bonds. The van der Waals surface area contributed by atoms with Crippen LogP contribution in [0.4, 0.5) is 13.2 Å². The van der Waals surface area contributed by atoms with E-state index in [1.54, 1.807) is 60.7 Å². The number of benzene rings is 4. The molecule has 0 saturated heterocycles. The Hall–Kier alpha value is -3.32. The monoisotopic (exact) mass is 573 g/mol. The zero-order valence-corrected chi connectivity index (χ0v) is 21.7. The minimum absolute atomic E-state index is 0.00728. The van der Waals surface area contributed by atoms with Crippen LogP contribution in [-0.4, -0.2) is 22.9 Å². The van der Waals surface area contributed by atoms with Gasteiger partial charge < -0.3 is 0 Å². The fourth-order valence-electron chi connectivity index (χ4n) is 4.60. The first-order valence-corrected chi connectivity index (χ1v) is 12.6. The summed E-state index contributed by atoms with van der Waals surface area (Å²) < 4.78 is 39.8. The van der Waals surface area contributed by atoms with Crippen molar-refractivity contribution in [3.05, 3.63) is 122 Å². The number of alkyl halides is 3. The van der Waals surface area contributed by atoms with Gasteiger partial charge in [-0.25, -0.2) is 0 Å². The lowest BCUT2D eigenvalue weighted by atomic mass is 9.90. The molecule has 4 aromatic rings. The Morgan fingerprint density at radius 3 is 1.92 bits per heavy atom. The Morgan fingerprint density at radius 2 is 1.34 bits per heavy atom. The third-order valence-corrected chi connectivity index (χ3v) is 7.54. The number of allylic oxidation sites excluding steroid dienone is 1. The molecule has 5 rings (SSSR count). The van der Waals surface area contributed by atoms with Gasteiger partial charge in [-0.1, -0.05) is 89.4 Å². The standard InChI is InChI=1S/C29H17Cl3F3NO2/c30-24-13-17(14-25(31)26(24)32)19(11-12-29(33,34)35)21-10-9-16(18-5-1-2-6-20(18)21)15-36-27(37)22-7-3-4-8-23(22)28(36)38/h1-11,13-14H,12,15H2/b19-11+. The lowest BCUT2D eigenvalue weighted by Crippen LogP contribution is -2.29. The molecule has 1 heterocycles. The Morgan fingerprint density at radius 1 is 0.789 bits per heavy atom. The van der Waals surface area contributed by atoms with Crippen molar-refractivity contribution < 1.29 is 22.8 Å². The zero-order valence-electron chi connectivity index (χ0n) is 19.5. The molecule has 4 aromatic carbocycles. The van der Waals surface area contributed by atoms with Crippen LogP contribution >= 0.6 is 34.8 Å². The topological polar surface area (TPSA) is 37.4 Å². The van der Waals surface area contributed by atoms with E-state index in [0.717, 1.165) is 6.08 Å². The van der Waals surface area contributed by atoms with Crippen molar-refractivity contribution in [2.45, 2.75) is 19.1 Å². The van der Waals surface area contributed by atoms with Gasteiger partial charge in [0.1, 0.15) is 0 Å². The maximum absolute atomic E-state index is 13.3. The Labute approximate surface area is 231 Å². The van der Waals surface area contributed by atoms with Gasteiger partial charge in [-0.15, -0.1) is 0 Å². The molecule has 9 heteroatoms. The fourth-order valence-corrected chi connectivity index (χ4v) is 5.20. The summed E-state index contributed by atoms with van der Waals surface area (Å²) >= 11 is 18.5. The van der Waals surface area contributed by atoms with Crippen molar-refractivity contribution in [1.29, 1.82) is 0 Å². The highest BCUT2D eigenvalue weighted by Gasteiger charge is 2.35. The van der Waals surface area contributed by atoms with Gasteiger partial charge >= 0.3 is 6.18 Å². The average Bonchev–Trinajstić information content (AvgIpc) is 3.12. The van der Waals surface area contributed by atoms with E-state index in [1.807, 2.05) is 0 Å². The van der Waals surface area contributed by atoms with Crippen LogP contribution in [0.3, 0.4) is 0 Å². The summed E-state index contributed by atoms with van der Waals surface area (Å²) in [6, 6.07) is 20.1. The minimum atomic E-state index is -4.44. The lowest BCUT2D eigenvalue weighted by Gasteiger charge is -2.19. The van der Waals surface area contributed by atoms with Crippen LogP contribution in [0.1, 0.15) is 43.8 Å². The van der Waals surface area contributed by atoms with Crippen LogP contribution < -0.4 is 0 Å². The number of carbonyl (C=O) groups excluding carboxylic acids is 2. The van der Waals surface area contributed by atoms with Gasteiger partial charge in [-0.2, -0.15) is 13.2 Å². The Balaban J connectivity index is 1.62. The number of halogens is 6. The summed E-state index contributed by atoms with van der Waals surface area (Å²) in [4.78, 5) is 27.0. The summed E-state index contributed by atoms with van der Waals surface area (Å²) in [5, 5.41) is 1.65. The van der Waals surface area contributed by atoms with E-state index in [4.69, 9.17) is 34.8 Å². The smallest absolute Gasteiger partial charge is 0.270 e. The molecule has 1 aliphatic heterocycles. The van der Waals surface area contributed by atoms with Gasteiger partial charge in [0.05, 0.1) is 39.2 Å². The Kier molecular flexibility index (Phi) is 6.99. The summed E-state index contributed by atoms with van der Waals surface area (Å²) in [7, 11) is 0. The van der Waals surface area contributed by atoms with Gasteiger partial charge in [0, 0.05) is 0 Å². The van der Waals surface area contributed by atoms with Crippen LogP contribution in [0.2, 0.25) is 15.1 Å². The second kappa shape index (κ2) is 10.1. The van der Waals surface area contributed by atoms with Gasteiger partial charge in [0.25, 0.3) is 11.8 Å². The molecule has 0 aliphatic carbocycles. The van der Waals surface area contributed by atoms with Gasteiger partial charge in [0.15, 0.2) is 0 Å². The van der Waals surface area contributed by atoms with E-state index in [1.165, 1.54) is 17.0 Å².